The molecular formula is C15H26O2S. The first-order valence-corrected chi connectivity index (χ1v) is 8.84. The Hall–Kier alpha value is 0.270. The molecule has 3 rings (SSSR count). The molecule has 0 aromatic carbocycles. The van der Waals surface area contributed by atoms with Gasteiger partial charge in [-0.15, -0.1) is 0 Å². The predicted molar refractivity (Wildman–Crippen MR) is 75.9 cm³/mol. The summed E-state index contributed by atoms with van der Waals surface area (Å²) in [5, 5.41) is 10.3. The van der Waals surface area contributed by atoms with Gasteiger partial charge in [-0.05, 0) is 61.9 Å². The first kappa shape index (κ1) is 13.3. The van der Waals surface area contributed by atoms with Gasteiger partial charge in [0.05, 0.1) is 11.7 Å². The topological polar surface area (TPSA) is 29.5 Å². The predicted octanol–water partition coefficient (Wildman–Crippen LogP) is 3.23. The van der Waals surface area contributed by atoms with Crippen molar-refractivity contribution in [3.63, 3.8) is 0 Å². The second-order valence-electron chi connectivity index (χ2n) is 6.41. The van der Waals surface area contributed by atoms with E-state index in [1.807, 2.05) is 0 Å². The Kier molecular flexibility index (Phi) is 4.21. The SMILES string of the molecule is OC1CCCCC1C1CCOC2(CCSCC2)C1. The molecule has 3 atom stereocenters. The molecule has 1 aliphatic carbocycles. The third-order valence-electron chi connectivity index (χ3n) is 5.32. The van der Waals surface area contributed by atoms with E-state index < -0.39 is 0 Å². The van der Waals surface area contributed by atoms with Crippen molar-refractivity contribution in [2.45, 2.75) is 63.1 Å². The van der Waals surface area contributed by atoms with Crippen LogP contribution in [0.1, 0.15) is 51.4 Å². The maximum atomic E-state index is 10.3. The lowest BCUT2D eigenvalue weighted by Crippen LogP contribution is -2.46. The van der Waals surface area contributed by atoms with Crippen LogP contribution >= 0.6 is 11.8 Å². The molecule has 2 aliphatic heterocycles. The van der Waals surface area contributed by atoms with Crippen molar-refractivity contribution < 1.29 is 9.84 Å². The maximum absolute atomic E-state index is 10.3. The summed E-state index contributed by atoms with van der Waals surface area (Å²) in [5.41, 5.74) is 0.186. The first-order chi connectivity index (χ1) is 8.79. The molecule has 2 saturated heterocycles. The molecule has 3 fully saturated rings. The van der Waals surface area contributed by atoms with Crippen molar-refractivity contribution in [3.8, 4) is 0 Å². The largest absolute Gasteiger partial charge is 0.393 e. The number of aliphatic hydroxyl groups is 1. The number of hydrogen-bond acceptors (Lipinski definition) is 3. The summed E-state index contributed by atoms with van der Waals surface area (Å²) in [7, 11) is 0. The Balaban J connectivity index is 1.65. The minimum atomic E-state index is -0.0307. The van der Waals surface area contributed by atoms with Gasteiger partial charge in [0, 0.05) is 6.61 Å². The van der Waals surface area contributed by atoms with Gasteiger partial charge >= 0.3 is 0 Å². The van der Waals surface area contributed by atoms with Gasteiger partial charge in [0.2, 0.25) is 0 Å². The van der Waals surface area contributed by atoms with Gasteiger partial charge in [0.25, 0.3) is 0 Å². The van der Waals surface area contributed by atoms with E-state index in [4.69, 9.17) is 4.74 Å². The Morgan fingerprint density at radius 3 is 2.61 bits per heavy atom. The minimum Gasteiger partial charge on any atom is -0.393 e. The molecule has 0 aromatic heterocycles. The summed E-state index contributed by atoms with van der Waals surface area (Å²) >= 11 is 2.07. The van der Waals surface area contributed by atoms with Crippen LogP contribution in [0.3, 0.4) is 0 Å². The fourth-order valence-corrected chi connectivity index (χ4v) is 5.45. The third kappa shape index (κ3) is 2.73. The summed E-state index contributed by atoms with van der Waals surface area (Å²) < 4.78 is 6.17. The first-order valence-electron chi connectivity index (χ1n) is 7.69. The number of rotatable bonds is 1. The lowest BCUT2D eigenvalue weighted by molar-refractivity contribution is -0.122. The van der Waals surface area contributed by atoms with Gasteiger partial charge in [-0.25, -0.2) is 0 Å². The average molecular weight is 270 g/mol. The van der Waals surface area contributed by atoms with Crippen LogP contribution in [0.2, 0.25) is 0 Å². The van der Waals surface area contributed by atoms with Gasteiger partial charge in [-0.1, -0.05) is 12.8 Å². The van der Waals surface area contributed by atoms with E-state index in [-0.39, 0.29) is 11.7 Å². The van der Waals surface area contributed by atoms with Crippen LogP contribution < -0.4 is 0 Å². The maximum Gasteiger partial charge on any atom is 0.0701 e. The van der Waals surface area contributed by atoms with Crippen molar-refractivity contribution >= 4 is 11.8 Å². The molecule has 0 bridgehead atoms. The van der Waals surface area contributed by atoms with Crippen LogP contribution in [0.4, 0.5) is 0 Å². The summed E-state index contributed by atoms with van der Waals surface area (Å²) in [4.78, 5) is 0. The highest BCUT2D eigenvalue weighted by molar-refractivity contribution is 7.99. The second-order valence-corrected chi connectivity index (χ2v) is 7.64. The molecule has 0 amide bonds. The Labute approximate surface area is 115 Å². The van der Waals surface area contributed by atoms with Crippen LogP contribution in [-0.4, -0.2) is 34.9 Å². The molecule has 1 saturated carbocycles. The molecule has 0 radical (unpaired) electrons. The molecular weight excluding hydrogens is 244 g/mol. The Bertz CT molecular complexity index is 270. The number of thioether (sulfide) groups is 1. The smallest absolute Gasteiger partial charge is 0.0701 e. The highest BCUT2D eigenvalue weighted by Gasteiger charge is 2.42. The van der Waals surface area contributed by atoms with E-state index in [1.165, 1.54) is 56.5 Å². The Morgan fingerprint density at radius 1 is 1.06 bits per heavy atom. The van der Waals surface area contributed by atoms with Crippen molar-refractivity contribution in [3.05, 3.63) is 0 Å². The van der Waals surface area contributed by atoms with Crippen LogP contribution in [0.25, 0.3) is 0 Å². The summed E-state index contributed by atoms with van der Waals surface area (Å²) in [5.74, 6) is 3.81. The average Bonchev–Trinajstić information content (AvgIpc) is 2.40. The molecule has 1 N–H and O–H groups in total. The molecule has 18 heavy (non-hydrogen) atoms. The molecule has 3 unspecified atom stereocenters. The normalized spacial score (nSPS) is 40.8. The van der Waals surface area contributed by atoms with E-state index in [0.29, 0.717) is 5.92 Å². The van der Waals surface area contributed by atoms with Crippen molar-refractivity contribution in [2.24, 2.45) is 11.8 Å². The molecule has 2 heterocycles. The van der Waals surface area contributed by atoms with Crippen LogP contribution in [0.15, 0.2) is 0 Å². The van der Waals surface area contributed by atoms with Crippen LogP contribution in [-0.2, 0) is 4.74 Å². The highest BCUT2D eigenvalue weighted by Crippen LogP contribution is 2.44. The zero-order chi connectivity index (χ0) is 12.4. The van der Waals surface area contributed by atoms with Gasteiger partial charge in [-0.3, -0.25) is 0 Å². The Morgan fingerprint density at radius 2 is 1.83 bits per heavy atom. The standard InChI is InChI=1S/C15H26O2S/c16-14-4-2-1-3-13(14)12-5-8-17-15(11-12)6-9-18-10-7-15/h12-14,16H,1-11H2. The van der Waals surface area contributed by atoms with E-state index >= 15 is 0 Å². The van der Waals surface area contributed by atoms with Crippen molar-refractivity contribution in [1.29, 1.82) is 0 Å². The van der Waals surface area contributed by atoms with E-state index in [0.717, 1.165) is 18.9 Å². The monoisotopic (exact) mass is 270 g/mol. The molecule has 3 heteroatoms. The van der Waals surface area contributed by atoms with Crippen molar-refractivity contribution in [2.75, 3.05) is 18.1 Å². The summed E-state index contributed by atoms with van der Waals surface area (Å²) in [6.07, 6.45) is 9.66. The number of aliphatic hydroxyl groups excluding tert-OH is 1. The zero-order valence-corrected chi connectivity index (χ0v) is 12.1. The fourth-order valence-electron chi connectivity index (χ4n) is 4.21. The van der Waals surface area contributed by atoms with Crippen LogP contribution in [0.5, 0.6) is 0 Å². The quantitative estimate of drug-likeness (QED) is 0.793. The van der Waals surface area contributed by atoms with Gasteiger partial charge in [-0.2, -0.15) is 11.8 Å². The molecule has 3 aliphatic rings. The van der Waals surface area contributed by atoms with E-state index in [2.05, 4.69) is 11.8 Å². The zero-order valence-electron chi connectivity index (χ0n) is 11.3. The molecule has 0 aromatic rings. The number of hydrogen-bond donors (Lipinski definition) is 1. The van der Waals surface area contributed by atoms with E-state index in [9.17, 15) is 5.11 Å². The second kappa shape index (κ2) is 5.72. The molecule has 2 nitrogen and oxygen atoms in total. The third-order valence-corrected chi connectivity index (χ3v) is 6.31. The molecule has 1 spiro atoms. The van der Waals surface area contributed by atoms with Crippen LogP contribution in [0, 0.1) is 11.8 Å². The van der Waals surface area contributed by atoms with E-state index in [1.54, 1.807) is 0 Å². The van der Waals surface area contributed by atoms with Gasteiger partial charge < -0.3 is 9.84 Å². The van der Waals surface area contributed by atoms with Gasteiger partial charge in [0.1, 0.15) is 0 Å². The number of ether oxygens (including phenoxy) is 1. The lowest BCUT2D eigenvalue weighted by atomic mass is 9.70. The minimum absolute atomic E-state index is 0.0307. The highest BCUT2D eigenvalue weighted by atomic mass is 32.2. The van der Waals surface area contributed by atoms with Gasteiger partial charge in [0.15, 0.2) is 0 Å². The lowest BCUT2D eigenvalue weighted by Gasteiger charge is -2.47. The fraction of sp³-hybridized carbons (Fsp3) is 1.00. The van der Waals surface area contributed by atoms with Crippen molar-refractivity contribution in [1.82, 2.24) is 0 Å². The summed E-state index contributed by atoms with van der Waals surface area (Å²) in [6, 6.07) is 0. The summed E-state index contributed by atoms with van der Waals surface area (Å²) in [6.45, 7) is 0.929. The molecule has 104 valence electrons.